The van der Waals surface area contributed by atoms with Crippen molar-refractivity contribution >= 4 is 27.9 Å². The molecule has 0 spiro atoms. The third-order valence-electron chi connectivity index (χ3n) is 0.380. The van der Waals surface area contributed by atoms with Crippen LogP contribution in [0.25, 0.3) is 0 Å². The quantitative estimate of drug-likeness (QED) is 0.503. The Morgan fingerprint density at radius 2 is 2.00 bits per heavy atom. The Hall–Kier alpha value is 0.370. The molecule has 1 aliphatic heterocycles. The smallest absolute Gasteiger partial charge is 0.123 e. The molecule has 0 aromatic heterocycles. The van der Waals surface area contributed by atoms with Gasteiger partial charge < -0.3 is 0 Å². The molecule has 1 N–H and O–H groups in total. The van der Waals surface area contributed by atoms with Gasteiger partial charge in [-0.2, -0.15) is 0 Å². The molecule has 1 heterocycles. The van der Waals surface area contributed by atoms with Gasteiger partial charge >= 0.3 is 0 Å². The fourth-order valence-electron chi connectivity index (χ4n) is 0.118. The van der Waals surface area contributed by atoms with E-state index in [9.17, 15) is 0 Å². The van der Waals surface area contributed by atoms with Crippen LogP contribution in [0.15, 0.2) is 0 Å². The fraction of sp³-hybridized carbons (Fsp3) is 0.500. The maximum atomic E-state index is 6.76. The van der Waals surface area contributed by atoms with Crippen molar-refractivity contribution in [2.24, 2.45) is 0 Å². The Bertz CT molecular complexity index is 54.7. The predicted octanol–water partition coefficient (Wildman–Crippen LogP) is 1.36. The molecule has 0 aliphatic carbocycles. The summed E-state index contributed by atoms with van der Waals surface area (Å²) in [5.41, 5.74) is 0. The lowest BCUT2D eigenvalue weighted by molar-refractivity contribution is 1.59. The number of thioether (sulfide) groups is 2. The summed E-state index contributed by atoms with van der Waals surface area (Å²) >= 11 is 3.21. The van der Waals surface area contributed by atoms with E-state index < -0.39 is 0 Å². The van der Waals surface area contributed by atoms with Gasteiger partial charge in [0.1, 0.15) is 4.38 Å². The van der Waals surface area contributed by atoms with Crippen molar-refractivity contribution in [1.29, 1.82) is 5.41 Å². The second-order valence-corrected chi connectivity index (χ2v) is 3.29. The van der Waals surface area contributed by atoms with Gasteiger partial charge in [0, 0.05) is 0 Å². The summed E-state index contributed by atoms with van der Waals surface area (Å²) in [6.45, 7) is 0. The maximum Gasteiger partial charge on any atom is 0.123 e. The molecule has 28 valence electrons. The van der Waals surface area contributed by atoms with E-state index in [1.54, 1.807) is 23.5 Å². The topological polar surface area (TPSA) is 23.9 Å². The van der Waals surface area contributed by atoms with E-state index in [0.717, 1.165) is 9.46 Å². The van der Waals surface area contributed by atoms with E-state index in [4.69, 9.17) is 5.41 Å². The molecule has 0 unspecified atom stereocenters. The predicted molar refractivity (Wildman–Crippen MR) is 27.8 cm³/mol. The van der Waals surface area contributed by atoms with Crippen LogP contribution in [-0.4, -0.2) is 9.46 Å². The van der Waals surface area contributed by atoms with E-state index in [-0.39, 0.29) is 0 Å². The van der Waals surface area contributed by atoms with Gasteiger partial charge in [-0.05, 0) is 0 Å². The van der Waals surface area contributed by atoms with Crippen LogP contribution in [0.3, 0.4) is 0 Å². The minimum Gasteiger partial charge on any atom is -0.288 e. The fourth-order valence-corrected chi connectivity index (χ4v) is 1.06. The monoisotopic (exact) mass is 105 g/mol. The summed E-state index contributed by atoms with van der Waals surface area (Å²) in [6, 6.07) is 0. The third-order valence-corrected chi connectivity index (χ3v) is 2.55. The number of hydrogen-bond donors (Lipinski definition) is 1. The standard InChI is InChI=1S/C2H3NS2/c3-2-4-1-5-2/h3H,1H2. The Morgan fingerprint density at radius 3 is 2.00 bits per heavy atom. The van der Waals surface area contributed by atoms with Crippen LogP contribution in [-0.2, 0) is 0 Å². The highest BCUT2D eigenvalue weighted by Crippen LogP contribution is 2.30. The van der Waals surface area contributed by atoms with Gasteiger partial charge in [0.25, 0.3) is 0 Å². The number of nitrogens with one attached hydrogen (secondary N) is 1. The molecule has 0 aromatic carbocycles. The molecule has 1 nitrogen and oxygen atoms in total. The van der Waals surface area contributed by atoms with Gasteiger partial charge in [0.2, 0.25) is 0 Å². The Morgan fingerprint density at radius 1 is 1.60 bits per heavy atom. The highest BCUT2D eigenvalue weighted by Gasteiger charge is 2.06. The van der Waals surface area contributed by atoms with E-state index in [2.05, 4.69) is 0 Å². The molecule has 0 aromatic rings. The van der Waals surface area contributed by atoms with Crippen molar-refractivity contribution in [1.82, 2.24) is 0 Å². The first-order valence-electron chi connectivity index (χ1n) is 1.24. The molecule has 3 heteroatoms. The van der Waals surface area contributed by atoms with Gasteiger partial charge in [-0.25, -0.2) is 0 Å². The van der Waals surface area contributed by atoms with E-state index in [1.165, 1.54) is 0 Å². The zero-order chi connectivity index (χ0) is 3.70. The first kappa shape index (κ1) is 3.56. The van der Waals surface area contributed by atoms with Crippen LogP contribution in [0, 0.1) is 5.41 Å². The minimum absolute atomic E-state index is 0.769. The molecule has 0 saturated carbocycles. The lowest BCUT2D eigenvalue weighted by Crippen LogP contribution is -1.93. The molecular formula is C2H3NS2. The number of hydrogen-bond acceptors (Lipinski definition) is 3. The molecule has 0 atom stereocenters. The van der Waals surface area contributed by atoms with Crippen molar-refractivity contribution < 1.29 is 0 Å². The molecule has 5 heavy (non-hydrogen) atoms. The van der Waals surface area contributed by atoms with Crippen molar-refractivity contribution in [2.45, 2.75) is 0 Å². The largest absolute Gasteiger partial charge is 0.288 e. The Labute approximate surface area is 39.0 Å². The van der Waals surface area contributed by atoms with Crippen LogP contribution in [0.1, 0.15) is 0 Å². The highest BCUT2D eigenvalue weighted by molar-refractivity contribution is 8.52. The van der Waals surface area contributed by atoms with Crippen molar-refractivity contribution in [3.05, 3.63) is 0 Å². The van der Waals surface area contributed by atoms with Crippen LogP contribution in [0.5, 0.6) is 0 Å². The molecule has 0 bridgehead atoms. The maximum absolute atomic E-state index is 6.76. The summed E-state index contributed by atoms with van der Waals surface area (Å²) in [5.74, 6) is 0. The van der Waals surface area contributed by atoms with Crippen LogP contribution in [0.4, 0.5) is 0 Å². The number of rotatable bonds is 0. The van der Waals surface area contributed by atoms with Crippen LogP contribution < -0.4 is 0 Å². The summed E-state index contributed by atoms with van der Waals surface area (Å²) in [7, 11) is 0. The Balaban J connectivity index is 2.32. The van der Waals surface area contributed by atoms with Crippen molar-refractivity contribution in [3.8, 4) is 0 Å². The molecule has 1 aliphatic rings. The summed E-state index contributed by atoms with van der Waals surface area (Å²) in [6.07, 6.45) is 0. The summed E-state index contributed by atoms with van der Waals surface area (Å²) in [4.78, 5) is 0. The second kappa shape index (κ2) is 1.22. The van der Waals surface area contributed by atoms with E-state index >= 15 is 0 Å². The van der Waals surface area contributed by atoms with E-state index in [0.29, 0.717) is 0 Å². The van der Waals surface area contributed by atoms with Gasteiger partial charge in [0.05, 0.1) is 5.08 Å². The SMILES string of the molecule is N=C1SCS1. The zero-order valence-electron chi connectivity index (χ0n) is 2.52. The molecule has 0 radical (unpaired) electrons. The van der Waals surface area contributed by atoms with Crippen molar-refractivity contribution in [3.63, 3.8) is 0 Å². The Kier molecular flexibility index (Phi) is 0.870. The lowest BCUT2D eigenvalue weighted by atomic mass is 11.7. The van der Waals surface area contributed by atoms with Gasteiger partial charge in [-0.1, -0.05) is 23.5 Å². The molecule has 1 rings (SSSR count). The first-order chi connectivity index (χ1) is 2.39. The van der Waals surface area contributed by atoms with Gasteiger partial charge in [-0.3, -0.25) is 5.41 Å². The zero-order valence-corrected chi connectivity index (χ0v) is 4.16. The van der Waals surface area contributed by atoms with Crippen LogP contribution >= 0.6 is 23.5 Å². The minimum atomic E-state index is 0.769. The van der Waals surface area contributed by atoms with E-state index in [1.807, 2.05) is 0 Å². The van der Waals surface area contributed by atoms with Gasteiger partial charge in [-0.15, -0.1) is 0 Å². The molecule has 1 saturated heterocycles. The van der Waals surface area contributed by atoms with Gasteiger partial charge in [0.15, 0.2) is 0 Å². The average Bonchev–Trinajstić information content (AvgIpc) is 1.30. The van der Waals surface area contributed by atoms with Crippen LogP contribution in [0.2, 0.25) is 0 Å². The summed E-state index contributed by atoms with van der Waals surface area (Å²) in [5, 5.41) is 7.85. The average molecular weight is 105 g/mol. The first-order valence-corrected chi connectivity index (χ1v) is 3.21. The lowest BCUT2D eigenvalue weighted by Gasteiger charge is -2.07. The van der Waals surface area contributed by atoms with Crippen molar-refractivity contribution in [2.75, 3.05) is 5.08 Å². The second-order valence-electron chi connectivity index (χ2n) is 0.694. The normalized spacial score (nSPS) is 22.0. The molecule has 1 fully saturated rings. The molecular weight excluding hydrogens is 102 g/mol. The highest BCUT2D eigenvalue weighted by atomic mass is 32.3. The summed E-state index contributed by atoms with van der Waals surface area (Å²) < 4.78 is 0.769. The third kappa shape index (κ3) is 0.605. The molecule has 0 amide bonds.